The molecule has 1 saturated heterocycles. The summed E-state index contributed by atoms with van der Waals surface area (Å²) in [6.07, 6.45) is 0.169. The molecule has 25 heavy (non-hydrogen) atoms. The third-order valence-corrected chi connectivity index (χ3v) is 3.82. The van der Waals surface area contributed by atoms with Gasteiger partial charge >= 0.3 is 0 Å². The highest BCUT2D eigenvalue weighted by Gasteiger charge is 2.17. The van der Waals surface area contributed by atoms with Gasteiger partial charge in [0.2, 0.25) is 0 Å². The second-order valence-electron chi connectivity index (χ2n) is 6.06. The quantitative estimate of drug-likeness (QED) is 0.281. The normalized spacial score (nSPS) is 18.4. The fourth-order valence-corrected chi connectivity index (χ4v) is 2.48. The van der Waals surface area contributed by atoms with Crippen molar-refractivity contribution in [2.24, 2.45) is 4.99 Å². The van der Waals surface area contributed by atoms with Gasteiger partial charge in [-0.05, 0) is 33.0 Å². The van der Waals surface area contributed by atoms with Crippen molar-refractivity contribution in [2.45, 2.75) is 20.0 Å². The third kappa shape index (κ3) is 8.73. The van der Waals surface area contributed by atoms with Crippen LogP contribution in [0.1, 0.15) is 12.5 Å². The topological polar surface area (TPSA) is 58.1 Å². The van der Waals surface area contributed by atoms with Gasteiger partial charge in [0.1, 0.15) is 12.4 Å². The Hall–Kier alpha value is -1.06. The van der Waals surface area contributed by atoms with Crippen LogP contribution in [0.15, 0.2) is 29.3 Å². The summed E-state index contributed by atoms with van der Waals surface area (Å²) in [5.74, 6) is 1.70. The van der Waals surface area contributed by atoms with Crippen LogP contribution in [-0.4, -0.2) is 69.9 Å². The lowest BCUT2D eigenvalue weighted by Crippen LogP contribution is -2.43. The Balaban J connectivity index is 0.00000312. The van der Waals surface area contributed by atoms with E-state index in [4.69, 9.17) is 9.47 Å². The van der Waals surface area contributed by atoms with Crippen LogP contribution in [0.5, 0.6) is 5.75 Å². The first-order valence-corrected chi connectivity index (χ1v) is 8.69. The number of nitrogens with zero attached hydrogens (tertiary/aromatic N) is 2. The molecule has 0 radical (unpaired) electrons. The van der Waals surface area contributed by atoms with E-state index in [2.05, 4.69) is 53.6 Å². The summed E-state index contributed by atoms with van der Waals surface area (Å²) in [4.78, 5) is 6.89. The molecule has 0 saturated carbocycles. The van der Waals surface area contributed by atoms with E-state index in [-0.39, 0.29) is 30.1 Å². The van der Waals surface area contributed by atoms with Crippen molar-refractivity contribution in [1.82, 2.24) is 15.5 Å². The first-order chi connectivity index (χ1) is 11.7. The molecule has 1 aromatic rings. The number of ether oxygens (including phenoxy) is 2. The van der Waals surface area contributed by atoms with E-state index in [9.17, 15) is 0 Å². The lowest BCUT2D eigenvalue weighted by molar-refractivity contribution is -0.0136. The van der Waals surface area contributed by atoms with E-state index in [1.807, 2.05) is 12.1 Å². The predicted molar refractivity (Wildman–Crippen MR) is 113 cm³/mol. The van der Waals surface area contributed by atoms with Gasteiger partial charge in [0, 0.05) is 19.6 Å². The Morgan fingerprint density at radius 3 is 2.76 bits per heavy atom. The van der Waals surface area contributed by atoms with E-state index >= 15 is 0 Å². The maximum atomic E-state index is 5.74. The minimum Gasteiger partial charge on any atom is -0.492 e. The van der Waals surface area contributed by atoms with E-state index in [0.717, 1.165) is 38.0 Å². The number of aliphatic imine (C=N–C) groups is 1. The highest BCUT2D eigenvalue weighted by molar-refractivity contribution is 14.0. The molecule has 0 aliphatic carbocycles. The Labute approximate surface area is 168 Å². The molecule has 1 aliphatic rings. The molecule has 2 N–H and O–H groups in total. The van der Waals surface area contributed by atoms with Crippen molar-refractivity contribution in [3.8, 4) is 5.75 Å². The average molecular weight is 462 g/mol. The maximum Gasteiger partial charge on any atom is 0.191 e. The predicted octanol–water partition coefficient (Wildman–Crippen LogP) is 1.88. The molecule has 1 fully saturated rings. The summed E-state index contributed by atoms with van der Waals surface area (Å²) in [6, 6.07) is 8.09. The number of benzene rings is 1. The molecular formula is C18H31IN4O2. The van der Waals surface area contributed by atoms with Gasteiger partial charge in [-0.3, -0.25) is 4.99 Å². The van der Waals surface area contributed by atoms with E-state index in [0.29, 0.717) is 19.7 Å². The van der Waals surface area contributed by atoms with Crippen LogP contribution in [-0.2, 0) is 4.74 Å². The molecule has 142 valence electrons. The number of hydrogen-bond donors (Lipinski definition) is 2. The Morgan fingerprint density at radius 2 is 2.08 bits per heavy atom. The van der Waals surface area contributed by atoms with Crippen LogP contribution >= 0.6 is 24.0 Å². The van der Waals surface area contributed by atoms with Crippen molar-refractivity contribution < 1.29 is 9.47 Å². The molecular weight excluding hydrogens is 431 g/mol. The zero-order valence-corrected chi connectivity index (χ0v) is 17.8. The van der Waals surface area contributed by atoms with Gasteiger partial charge in [-0.15, -0.1) is 24.0 Å². The molecule has 1 aromatic carbocycles. The molecule has 6 nitrogen and oxygen atoms in total. The van der Waals surface area contributed by atoms with Gasteiger partial charge in [-0.2, -0.15) is 0 Å². The summed E-state index contributed by atoms with van der Waals surface area (Å²) in [7, 11) is 2.12. The number of hydrogen-bond acceptors (Lipinski definition) is 4. The number of morpholine rings is 1. The van der Waals surface area contributed by atoms with Crippen LogP contribution in [0.3, 0.4) is 0 Å². The second kappa shape index (κ2) is 12.3. The minimum atomic E-state index is 0. The van der Waals surface area contributed by atoms with Gasteiger partial charge in [0.25, 0.3) is 0 Å². The monoisotopic (exact) mass is 462 g/mol. The molecule has 0 bridgehead atoms. The molecule has 0 spiro atoms. The lowest BCUT2D eigenvalue weighted by atomic mass is 10.2. The van der Waals surface area contributed by atoms with Crippen molar-refractivity contribution in [1.29, 1.82) is 0 Å². The molecule has 0 amide bonds. The van der Waals surface area contributed by atoms with Crippen LogP contribution in [0.25, 0.3) is 0 Å². The zero-order valence-electron chi connectivity index (χ0n) is 15.5. The standard InChI is InChI=1S/C18H30N4O2.HI/c1-4-19-18(21-13-17-14-22(3)10-12-24-17)20-9-11-23-16-7-5-15(2)6-8-16;/h5-8,17H,4,9-14H2,1-3H3,(H2,19,20,21);1H. The first-order valence-electron chi connectivity index (χ1n) is 8.69. The summed E-state index contributed by atoms with van der Waals surface area (Å²) in [6.45, 7) is 9.62. The minimum absolute atomic E-state index is 0. The number of likely N-dealkylation sites (N-methyl/N-ethyl adjacent to an activating group) is 1. The van der Waals surface area contributed by atoms with Crippen molar-refractivity contribution in [3.05, 3.63) is 29.8 Å². The number of guanidine groups is 1. The summed E-state index contributed by atoms with van der Waals surface area (Å²) < 4.78 is 11.5. The van der Waals surface area contributed by atoms with Crippen molar-refractivity contribution >= 4 is 29.9 Å². The Morgan fingerprint density at radius 1 is 1.32 bits per heavy atom. The van der Waals surface area contributed by atoms with Crippen LogP contribution in [0.2, 0.25) is 0 Å². The highest BCUT2D eigenvalue weighted by Crippen LogP contribution is 2.10. The van der Waals surface area contributed by atoms with Crippen LogP contribution in [0.4, 0.5) is 0 Å². The van der Waals surface area contributed by atoms with Gasteiger partial charge in [0.15, 0.2) is 5.96 Å². The molecule has 1 atom stereocenters. The second-order valence-corrected chi connectivity index (χ2v) is 6.06. The summed E-state index contributed by atoms with van der Waals surface area (Å²) in [5.41, 5.74) is 1.23. The average Bonchev–Trinajstić information content (AvgIpc) is 2.58. The molecule has 7 heteroatoms. The maximum absolute atomic E-state index is 5.74. The van der Waals surface area contributed by atoms with E-state index in [1.165, 1.54) is 5.56 Å². The summed E-state index contributed by atoms with van der Waals surface area (Å²) in [5, 5.41) is 6.55. The lowest BCUT2D eigenvalue weighted by Gasteiger charge is -2.29. The first kappa shape index (κ1) is 22.0. The van der Waals surface area contributed by atoms with E-state index in [1.54, 1.807) is 0 Å². The number of rotatable bonds is 7. The number of aryl methyl sites for hydroxylation is 1. The molecule has 1 aliphatic heterocycles. The number of halogens is 1. The number of nitrogens with one attached hydrogen (secondary N) is 2. The van der Waals surface area contributed by atoms with Gasteiger partial charge in [-0.1, -0.05) is 17.7 Å². The molecule has 2 rings (SSSR count). The smallest absolute Gasteiger partial charge is 0.191 e. The third-order valence-electron chi connectivity index (χ3n) is 3.82. The fraction of sp³-hybridized carbons (Fsp3) is 0.611. The highest BCUT2D eigenvalue weighted by atomic mass is 127. The van der Waals surface area contributed by atoms with Gasteiger partial charge < -0.3 is 25.0 Å². The zero-order chi connectivity index (χ0) is 17.2. The molecule has 1 heterocycles. The SMILES string of the molecule is CCNC(=NCC1CN(C)CCO1)NCCOc1ccc(C)cc1.I. The summed E-state index contributed by atoms with van der Waals surface area (Å²) >= 11 is 0. The van der Waals surface area contributed by atoms with Crippen molar-refractivity contribution in [3.63, 3.8) is 0 Å². The Bertz CT molecular complexity index is 510. The van der Waals surface area contributed by atoms with E-state index < -0.39 is 0 Å². The molecule has 0 aromatic heterocycles. The largest absolute Gasteiger partial charge is 0.492 e. The Kier molecular flexibility index (Phi) is 10.8. The van der Waals surface area contributed by atoms with Crippen LogP contribution < -0.4 is 15.4 Å². The van der Waals surface area contributed by atoms with Gasteiger partial charge in [-0.25, -0.2) is 0 Å². The van der Waals surface area contributed by atoms with Gasteiger partial charge in [0.05, 0.1) is 25.8 Å². The molecule has 1 unspecified atom stereocenters. The van der Waals surface area contributed by atoms with Crippen molar-refractivity contribution in [2.75, 3.05) is 53.0 Å². The fourth-order valence-electron chi connectivity index (χ4n) is 2.48. The van der Waals surface area contributed by atoms with Crippen LogP contribution in [0, 0.1) is 6.92 Å².